The smallest absolute Gasteiger partial charge is 0.263 e. The van der Waals surface area contributed by atoms with Crippen molar-refractivity contribution in [3.8, 4) is 0 Å². The third-order valence-corrected chi connectivity index (χ3v) is 4.62. The standard InChI is InChI=1S/C12H14BrN3O2S/c1-8-2-3-12(11(13)4-8)16-19(17,18)10-5-9(6-14)15-7-10/h2-5,7,15-16H,6,14H2,1H3. The third kappa shape index (κ3) is 3.17. The molecule has 0 saturated carbocycles. The molecule has 0 fully saturated rings. The first kappa shape index (κ1) is 14.1. The highest BCUT2D eigenvalue weighted by Crippen LogP contribution is 2.26. The molecule has 0 radical (unpaired) electrons. The van der Waals surface area contributed by atoms with Crippen LogP contribution in [0.5, 0.6) is 0 Å². The third-order valence-electron chi connectivity index (χ3n) is 2.62. The van der Waals surface area contributed by atoms with Gasteiger partial charge in [-0.05, 0) is 46.6 Å². The average molecular weight is 344 g/mol. The minimum atomic E-state index is -3.60. The molecule has 19 heavy (non-hydrogen) atoms. The fraction of sp³-hybridized carbons (Fsp3) is 0.167. The molecule has 1 aromatic heterocycles. The van der Waals surface area contributed by atoms with E-state index in [2.05, 4.69) is 25.6 Å². The van der Waals surface area contributed by atoms with E-state index in [1.165, 1.54) is 12.3 Å². The van der Waals surface area contributed by atoms with Gasteiger partial charge in [0.15, 0.2) is 0 Å². The number of benzene rings is 1. The Balaban J connectivity index is 2.30. The minimum Gasteiger partial charge on any atom is -0.363 e. The first-order valence-electron chi connectivity index (χ1n) is 5.59. The molecule has 0 saturated heterocycles. The van der Waals surface area contributed by atoms with Crippen molar-refractivity contribution in [2.45, 2.75) is 18.4 Å². The Hall–Kier alpha value is -1.31. The van der Waals surface area contributed by atoms with Crippen LogP contribution in [0.15, 0.2) is 39.8 Å². The number of aryl methyl sites for hydroxylation is 1. The van der Waals surface area contributed by atoms with Crippen molar-refractivity contribution in [1.82, 2.24) is 4.98 Å². The van der Waals surface area contributed by atoms with Gasteiger partial charge in [0.1, 0.15) is 4.90 Å². The number of sulfonamides is 1. The molecule has 1 heterocycles. The van der Waals surface area contributed by atoms with Gasteiger partial charge in [-0.15, -0.1) is 0 Å². The Bertz CT molecular complexity index is 695. The number of rotatable bonds is 4. The molecular weight excluding hydrogens is 330 g/mol. The van der Waals surface area contributed by atoms with Crippen LogP contribution >= 0.6 is 15.9 Å². The summed E-state index contributed by atoms with van der Waals surface area (Å²) in [4.78, 5) is 2.98. The van der Waals surface area contributed by atoms with Gasteiger partial charge in [-0.3, -0.25) is 4.72 Å². The van der Waals surface area contributed by atoms with E-state index in [0.29, 0.717) is 15.9 Å². The second-order valence-electron chi connectivity index (χ2n) is 4.15. The minimum absolute atomic E-state index is 0.167. The molecular formula is C12H14BrN3O2S. The molecule has 1 aromatic carbocycles. The highest BCUT2D eigenvalue weighted by molar-refractivity contribution is 9.10. The van der Waals surface area contributed by atoms with Gasteiger partial charge in [0.25, 0.3) is 10.0 Å². The van der Waals surface area contributed by atoms with E-state index < -0.39 is 10.0 Å². The zero-order chi connectivity index (χ0) is 14.0. The second kappa shape index (κ2) is 5.36. The number of hydrogen-bond donors (Lipinski definition) is 3. The Labute approximate surface area is 120 Å². The van der Waals surface area contributed by atoms with E-state index in [-0.39, 0.29) is 11.4 Å². The lowest BCUT2D eigenvalue weighted by atomic mass is 10.2. The first-order chi connectivity index (χ1) is 8.92. The van der Waals surface area contributed by atoms with Crippen molar-refractivity contribution in [2.75, 3.05) is 4.72 Å². The van der Waals surface area contributed by atoms with Crippen LogP contribution in [-0.2, 0) is 16.6 Å². The Morgan fingerprint density at radius 3 is 2.68 bits per heavy atom. The predicted molar refractivity (Wildman–Crippen MR) is 78.4 cm³/mol. The number of aromatic nitrogens is 1. The highest BCUT2D eigenvalue weighted by atomic mass is 79.9. The molecule has 0 amide bonds. The summed E-state index contributed by atoms with van der Waals surface area (Å²) in [5.74, 6) is 0. The number of halogens is 1. The van der Waals surface area contributed by atoms with E-state index in [0.717, 1.165) is 5.56 Å². The lowest BCUT2D eigenvalue weighted by molar-refractivity contribution is 0.601. The molecule has 5 nitrogen and oxygen atoms in total. The molecule has 0 bridgehead atoms. The van der Waals surface area contributed by atoms with Crippen LogP contribution in [0.25, 0.3) is 0 Å². The maximum Gasteiger partial charge on any atom is 0.263 e. The van der Waals surface area contributed by atoms with Crippen molar-refractivity contribution in [3.05, 3.63) is 46.2 Å². The largest absolute Gasteiger partial charge is 0.363 e. The van der Waals surface area contributed by atoms with Gasteiger partial charge < -0.3 is 10.7 Å². The van der Waals surface area contributed by atoms with Crippen molar-refractivity contribution >= 4 is 31.6 Å². The van der Waals surface area contributed by atoms with Gasteiger partial charge in [-0.25, -0.2) is 8.42 Å². The molecule has 102 valence electrons. The van der Waals surface area contributed by atoms with Gasteiger partial charge in [0.2, 0.25) is 0 Å². The van der Waals surface area contributed by atoms with Gasteiger partial charge in [0, 0.05) is 22.9 Å². The summed E-state index contributed by atoms with van der Waals surface area (Å²) in [5.41, 5.74) is 7.66. The summed E-state index contributed by atoms with van der Waals surface area (Å²) in [6.07, 6.45) is 1.42. The summed E-state index contributed by atoms with van der Waals surface area (Å²) >= 11 is 3.34. The number of aromatic amines is 1. The maximum atomic E-state index is 12.2. The Kier molecular flexibility index (Phi) is 3.98. The fourth-order valence-electron chi connectivity index (χ4n) is 1.60. The molecule has 0 spiro atoms. The number of anilines is 1. The normalized spacial score (nSPS) is 11.5. The summed E-state index contributed by atoms with van der Waals surface area (Å²) in [6.45, 7) is 2.20. The first-order valence-corrected chi connectivity index (χ1v) is 7.86. The average Bonchev–Trinajstić information content (AvgIpc) is 2.82. The molecule has 0 aliphatic heterocycles. The topological polar surface area (TPSA) is 88.0 Å². The van der Waals surface area contributed by atoms with Crippen LogP contribution in [0.2, 0.25) is 0 Å². The fourth-order valence-corrected chi connectivity index (χ4v) is 3.42. The molecule has 7 heteroatoms. The predicted octanol–water partition coefficient (Wildman–Crippen LogP) is 2.35. The molecule has 2 rings (SSSR count). The quantitative estimate of drug-likeness (QED) is 0.796. The summed E-state index contributed by atoms with van der Waals surface area (Å²) < 4.78 is 27.6. The Morgan fingerprint density at radius 2 is 2.11 bits per heavy atom. The van der Waals surface area contributed by atoms with Crippen LogP contribution in [-0.4, -0.2) is 13.4 Å². The van der Waals surface area contributed by atoms with E-state index in [9.17, 15) is 8.42 Å². The molecule has 0 atom stereocenters. The molecule has 0 unspecified atom stereocenters. The van der Waals surface area contributed by atoms with Crippen LogP contribution in [0.3, 0.4) is 0 Å². The number of H-pyrrole nitrogens is 1. The van der Waals surface area contributed by atoms with Crippen LogP contribution in [0.1, 0.15) is 11.3 Å². The highest BCUT2D eigenvalue weighted by Gasteiger charge is 2.17. The van der Waals surface area contributed by atoms with E-state index in [1.54, 1.807) is 6.07 Å². The SMILES string of the molecule is Cc1ccc(NS(=O)(=O)c2c[nH]c(CN)c2)c(Br)c1. The van der Waals surface area contributed by atoms with Crippen molar-refractivity contribution in [3.63, 3.8) is 0 Å². The zero-order valence-corrected chi connectivity index (χ0v) is 12.7. The number of hydrogen-bond acceptors (Lipinski definition) is 3. The number of nitrogens with two attached hydrogens (primary N) is 1. The second-order valence-corrected chi connectivity index (χ2v) is 6.69. The monoisotopic (exact) mass is 343 g/mol. The van der Waals surface area contributed by atoms with E-state index >= 15 is 0 Å². The molecule has 4 N–H and O–H groups in total. The van der Waals surface area contributed by atoms with Crippen molar-refractivity contribution < 1.29 is 8.42 Å². The maximum absolute atomic E-state index is 12.2. The number of nitrogens with one attached hydrogen (secondary N) is 2. The molecule has 2 aromatic rings. The van der Waals surface area contributed by atoms with Gasteiger partial charge in [-0.2, -0.15) is 0 Å². The van der Waals surface area contributed by atoms with Gasteiger partial charge in [0.05, 0.1) is 5.69 Å². The van der Waals surface area contributed by atoms with Gasteiger partial charge >= 0.3 is 0 Å². The lowest BCUT2D eigenvalue weighted by Crippen LogP contribution is -2.12. The molecule has 0 aliphatic carbocycles. The summed E-state index contributed by atoms with van der Waals surface area (Å²) in [7, 11) is -3.60. The van der Waals surface area contributed by atoms with Crippen molar-refractivity contribution in [1.29, 1.82) is 0 Å². The lowest BCUT2D eigenvalue weighted by Gasteiger charge is -2.09. The van der Waals surface area contributed by atoms with Crippen LogP contribution in [0, 0.1) is 6.92 Å². The zero-order valence-electron chi connectivity index (χ0n) is 10.3. The Morgan fingerprint density at radius 1 is 1.37 bits per heavy atom. The van der Waals surface area contributed by atoms with Crippen LogP contribution < -0.4 is 10.5 Å². The summed E-state index contributed by atoms with van der Waals surface area (Å²) in [5, 5.41) is 0. The van der Waals surface area contributed by atoms with E-state index in [1.807, 2.05) is 19.1 Å². The van der Waals surface area contributed by atoms with Crippen molar-refractivity contribution in [2.24, 2.45) is 5.73 Å². The van der Waals surface area contributed by atoms with E-state index in [4.69, 9.17) is 5.73 Å². The van der Waals surface area contributed by atoms with Gasteiger partial charge in [-0.1, -0.05) is 6.07 Å². The molecule has 0 aliphatic rings. The summed E-state index contributed by atoms with van der Waals surface area (Å²) in [6, 6.07) is 6.92. The van der Waals surface area contributed by atoms with Crippen LogP contribution in [0.4, 0.5) is 5.69 Å².